The number of ether oxygens (including phenoxy) is 1. The van der Waals surface area contributed by atoms with E-state index >= 15 is 0 Å². The molecule has 1 N–H and O–H groups in total. The standard InChI is InChI=1S/C20H26FNO4S/c1-26-20(23)10-5-3-2-4-7-17-8-6-9-19(17)22-27(24,25)15-16-11-13-18(21)14-12-16/h2,4,8,11-14,19,22H,3,5-7,9-10,15H2,1H3/b4-2-/t19-/m0/s1. The SMILES string of the molecule is COC(=O)CCC/C=C\CC1=CCC[C@@H]1NS(=O)(=O)Cc1ccc(F)cc1. The number of allylic oxidation sites excluding steroid dienone is 3. The molecule has 0 saturated carbocycles. The summed E-state index contributed by atoms with van der Waals surface area (Å²) in [6.45, 7) is 0. The summed E-state index contributed by atoms with van der Waals surface area (Å²) >= 11 is 0. The predicted molar refractivity (Wildman–Crippen MR) is 103 cm³/mol. The van der Waals surface area contributed by atoms with Crippen molar-refractivity contribution in [3.8, 4) is 0 Å². The van der Waals surface area contributed by atoms with Crippen molar-refractivity contribution in [1.82, 2.24) is 4.72 Å². The maximum absolute atomic E-state index is 13.0. The monoisotopic (exact) mass is 395 g/mol. The number of hydrogen-bond donors (Lipinski definition) is 1. The minimum atomic E-state index is -3.50. The zero-order valence-electron chi connectivity index (χ0n) is 15.5. The number of sulfonamides is 1. The van der Waals surface area contributed by atoms with Crippen LogP contribution in [-0.4, -0.2) is 27.5 Å². The second-order valence-corrected chi connectivity index (χ2v) is 8.31. The highest BCUT2D eigenvalue weighted by Gasteiger charge is 2.23. The summed E-state index contributed by atoms with van der Waals surface area (Å²) in [5.41, 5.74) is 1.61. The van der Waals surface area contributed by atoms with Crippen molar-refractivity contribution in [2.24, 2.45) is 0 Å². The number of esters is 1. The molecule has 1 atom stereocenters. The van der Waals surface area contributed by atoms with Gasteiger partial charge in [0.1, 0.15) is 5.82 Å². The molecule has 0 amide bonds. The number of hydrogen-bond acceptors (Lipinski definition) is 4. The number of carbonyl (C=O) groups is 1. The van der Waals surface area contributed by atoms with E-state index in [-0.39, 0.29) is 23.6 Å². The number of halogens is 1. The molecule has 1 aromatic rings. The van der Waals surface area contributed by atoms with Crippen molar-refractivity contribution >= 4 is 16.0 Å². The average Bonchev–Trinajstić information content (AvgIpc) is 3.05. The Morgan fingerprint density at radius 2 is 2.04 bits per heavy atom. The molecule has 0 heterocycles. The normalized spacial score (nSPS) is 17.3. The highest BCUT2D eigenvalue weighted by atomic mass is 32.2. The molecule has 0 aliphatic heterocycles. The summed E-state index contributed by atoms with van der Waals surface area (Å²) in [5, 5.41) is 0. The van der Waals surface area contributed by atoms with Gasteiger partial charge in [0.25, 0.3) is 0 Å². The van der Waals surface area contributed by atoms with Gasteiger partial charge in [-0.15, -0.1) is 0 Å². The minimum absolute atomic E-state index is 0.166. The lowest BCUT2D eigenvalue weighted by molar-refractivity contribution is -0.140. The molecule has 0 bridgehead atoms. The zero-order chi connectivity index (χ0) is 19.7. The van der Waals surface area contributed by atoms with Crippen molar-refractivity contribution in [3.63, 3.8) is 0 Å². The first-order valence-corrected chi connectivity index (χ1v) is 10.7. The molecule has 148 valence electrons. The van der Waals surface area contributed by atoms with Crippen molar-refractivity contribution in [2.75, 3.05) is 7.11 Å². The van der Waals surface area contributed by atoms with Gasteiger partial charge in [0.2, 0.25) is 10.0 Å². The van der Waals surface area contributed by atoms with Crippen LogP contribution in [0.4, 0.5) is 4.39 Å². The van der Waals surface area contributed by atoms with Crippen LogP contribution in [0.15, 0.2) is 48.1 Å². The van der Waals surface area contributed by atoms with Crippen LogP contribution in [0, 0.1) is 5.82 Å². The van der Waals surface area contributed by atoms with E-state index in [4.69, 9.17) is 0 Å². The van der Waals surface area contributed by atoms with Gasteiger partial charge >= 0.3 is 5.97 Å². The van der Waals surface area contributed by atoms with E-state index in [1.807, 2.05) is 12.2 Å². The van der Waals surface area contributed by atoms with E-state index in [1.165, 1.54) is 31.4 Å². The van der Waals surface area contributed by atoms with Crippen LogP contribution in [0.25, 0.3) is 0 Å². The topological polar surface area (TPSA) is 72.5 Å². The lowest BCUT2D eigenvalue weighted by Gasteiger charge is -2.16. The number of benzene rings is 1. The third-order valence-electron chi connectivity index (χ3n) is 4.40. The molecule has 1 aliphatic carbocycles. The Morgan fingerprint density at radius 3 is 2.74 bits per heavy atom. The molecule has 1 aliphatic rings. The van der Waals surface area contributed by atoms with Gasteiger partial charge in [0.15, 0.2) is 0 Å². The lowest BCUT2D eigenvalue weighted by atomic mass is 10.1. The summed E-state index contributed by atoms with van der Waals surface area (Å²) < 4.78 is 45.1. The lowest BCUT2D eigenvalue weighted by Crippen LogP contribution is -2.35. The molecule has 0 unspecified atom stereocenters. The molecule has 0 radical (unpaired) electrons. The van der Waals surface area contributed by atoms with Gasteiger partial charge in [-0.05, 0) is 49.8 Å². The highest BCUT2D eigenvalue weighted by Crippen LogP contribution is 2.23. The van der Waals surface area contributed by atoms with Crippen LogP contribution in [0.1, 0.15) is 44.1 Å². The van der Waals surface area contributed by atoms with Crippen LogP contribution >= 0.6 is 0 Å². The summed E-state index contributed by atoms with van der Waals surface area (Å²) in [4.78, 5) is 11.0. The van der Waals surface area contributed by atoms with Gasteiger partial charge in [-0.2, -0.15) is 0 Å². The molecule has 7 heteroatoms. The summed E-state index contributed by atoms with van der Waals surface area (Å²) in [5.74, 6) is -0.763. The summed E-state index contributed by atoms with van der Waals surface area (Å²) in [7, 11) is -2.13. The van der Waals surface area contributed by atoms with E-state index in [0.29, 0.717) is 18.4 Å². The second kappa shape index (κ2) is 10.4. The Kier molecular flexibility index (Phi) is 8.19. The fourth-order valence-corrected chi connectivity index (χ4v) is 4.40. The van der Waals surface area contributed by atoms with Crippen molar-refractivity contribution in [1.29, 1.82) is 0 Å². The van der Waals surface area contributed by atoms with Gasteiger partial charge in [0, 0.05) is 12.5 Å². The van der Waals surface area contributed by atoms with Gasteiger partial charge < -0.3 is 4.74 Å². The second-order valence-electron chi connectivity index (χ2n) is 6.56. The Hall–Kier alpha value is -1.99. The fourth-order valence-electron chi connectivity index (χ4n) is 2.99. The smallest absolute Gasteiger partial charge is 0.305 e. The highest BCUT2D eigenvalue weighted by molar-refractivity contribution is 7.88. The number of methoxy groups -OCH3 is 1. The molecule has 0 saturated heterocycles. The van der Waals surface area contributed by atoms with Crippen LogP contribution in [0.5, 0.6) is 0 Å². The first-order chi connectivity index (χ1) is 12.9. The third-order valence-corrected chi connectivity index (χ3v) is 5.76. The van der Waals surface area contributed by atoms with E-state index in [9.17, 15) is 17.6 Å². The zero-order valence-corrected chi connectivity index (χ0v) is 16.3. The van der Waals surface area contributed by atoms with E-state index in [0.717, 1.165) is 31.3 Å². The van der Waals surface area contributed by atoms with Gasteiger partial charge in [-0.25, -0.2) is 17.5 Å². The minimum Gasteiger partial charge on any atom is -0.469 e. The van der Waals surface area contributed by atoms with Gasteiger partial charge in [-0.3, -0.25) is 4.79 Å². The van der Waals surface area contributed by atoms with E-state index in [1.54, 1.807) is 0 Å². The van der Waals surface area contributed by atoms with E-state index in [2.05, 4.69) is 15.5 Å². The predicted octanol–water partition coefficient (Wildman–Crippen LogP) is 3.62. The van der Waals surface area contributed by atoms with Crippen LogP contribution in [0.2, 0.25) is 0 Å². The maximum Gasteiger partial charge on any atom is 0.305 e. The Labute approximate surface area is 160 Å². The molecule has 5 nitrogen and oxygen atoms in total. The fraction of sp³-hybridized carbons (Fsp3) is 0.450. The third kappa shape index (κ3) is 7.64. The number of carbonyl (C=O) groups excluding carboxylic acids is 1. The Balaban J connectivity index is 1.81. The first kappa shape index (κ1) is 21.3. The van der Waals surface area contributed by atoms with Crippen molar-refractivity contribution in [3.05, 3.63) is 59.4 Å². The molecule has 2 rings (SSSR count). The summed E-state index contributed by atoms with van der Waals surface area (Å²) in [6.07, 6.45) is 10.3. The Morgan fingerprint density at radius 1 is 1.30 bits per heavy atom. The van der Waals surface area contributed by atoms with Crippen molar-refractivity contribution < 1.29 is 22.3 Å². The largest absolute Gasteiger partial charge is 0.469 e. The molecule has 0 fully saturated rings. The van der Waals surface area contributed by atoms with Crippen LogP contribution in [0.3, 0.4) is 0 Å². The Bertz CT molecular complexity index is 785. The van der Waals surface area contributed by atoms with Gasteiger partial charge in [0.05, 0.1) is 12.9 Å². The molecule has 27 heavy (non-hydrogen) atoms. The molecule has 0 spiro atoms. The quantitative estimate of drug-likeness (QED) is 0.373. The van der Waals surface area contributed by atoms with Crippen molar-refractivity contribution in [2.45, 2.75) is 50.3 Å². The van der Waals surface area contributed by atoms with Gasteiger partial charge in [-0.1, -0.05) is 35.9 Å². The van der Waals surface area contributed by atoms with Crippen LogP contribution < -0.4 is 4.72 Å². The number of rotatable bonds is 10. The van der Waals surface area contributed by atoms with E-state index < -0.39 is 10.0 Å². The number of unbranched alkanes of at least 4 members (excludes halogenated alkanes) is 1. The molecular formula is C20H26FNO4S. The first-order valence-electron chi connectivity index (χ1n) is 9.05. The summed E-state index contributed by atoms with van der Waals surface area (Å²) in [6, 6.07) is 5.29. The molecule has 1 aromatic carbocycles. The molecular weight excluding hydrogens is 369 g/mol. The number of nitrogens with one attached hydrogen (secondary N) is 1. The maximum atomic E-state index is 13.0. The average molecular weight is 395 g/mol. The molecule has 0 aromatic heterocycles. The van der Waals surface area contributed by atoms with Crippen LogP contribution in [-0.2, 0) is 25.3 Å².